The van der Waals surface area contributed by atoms with Crippen molar-refractivity contribution in [3.05, 3.63) is 30.1 Å². The zero-order chi connectivity index (χ0) is 16.2. The van der Waals surface area contributed by atoms with E-state index in [4.69, 9.17) is 0 Å². The first-order chi connectivity index (χ1) is 11.1. The van der Waals surface area contributed by atoms with E-state index in [1.807, 2.05) is 17.3 Å². The van der Waals surface area contributed by atoms with Crippen molar-refractivity contribution in [2.75, 3.05) is 19.6 Å². The lowest BCUT2D eigenvalue weighted by atomic mass is 9.90. The Morgan fingerprint density at radius 3 is 2.48 bits per heavy atom. The van der Waals surface area contributed by atoms with Crippen LogP contribution in [0.5, 0.6) is 0 Å². The van der Waals surface area contributed by atoms with Crippen molar-refractivity contribution in [2.24, 2.45) is 5.92 Å². The number of pyridine rings is 1. The van der Waals surface area contributed by atoms with Crippen molar-refractivity contribution in [2.45, 2.75) is 45.1 Å². The second-order valence-electron chi connectivity index (χ2n) is 6.70. The molecular weight excluding hydrogens is 290 g/mol. The third-order valence-electron chi connectivity index (χ3n) is 5.14. The average molecular weight is 315 g/mol. The highest BCUT2D eigenvalue weighted by molar-refractivity contribution is 5.87. The lowest BCUT2D eigenvalue weighted by Gasteiger charge is -2.35. The summed E-state index contributed by atoms with van der Waals surface area (Å²) in [4.78, 5) is 32.1. The lowest BCUT2D eigenvalue weighted by Crippen LogP contribution is -2.49. The van der Waals surface area contributed by atoms with Crippen LogP contribution in [0.3, 0.4) is 0 Å². The van der Waals surface area contributed by atoms with Crippen molar-refractivity contribution in [1.29, 1.82) is 0 Å². The van der Waals surface area contributed by atoms with E-state index in [1.54, 1.807) is 11.8 Å². The van der Waals surface area contributed by atoms with Gasteiger partial charge < -0.3 is 9.80 Å². The molecular formula is C18H25N3O2. The molecule has 2 fully saturated rings. The Morgan fingerprint density at radius 1 is 1.13 bits per heavy atom. The van der Waals surface area contributed by atoms with Gasteiger partial charge in [0.2, 0.25) is 11.8 Å². The Balaban J connectivity index is 1.52. The smallest absolute Gasteiger partial charge is 0.245 e. The molecule has 5 nitrogen and oxygen atoms in total. The minimum Gasteiger partial charge on any atom is -0.341 e. The highest BCUT2D eigenvalue weighted by atomic mass is 16.2. The second-order valence-corrected chi connectivity index (χ2v) is 6.70. The fourth-order valence-corrected chi connectivity index (χ4v) is 3.82. The van der Waals surface area contributed by atoms with Crippen molar-refractivity contribution < 1.29 is 9.59 Å². The normalized spacial score (nSPS) is 22.4. The molecule has 3 rings (SSSR count). The van der Waals surface area contributed by atoms with Gasteiger partial charge in [-0.3, -0.25) is 14.6 Å². The summed E-state index contributed by atoms with van der Waals surface area (Å²) >= 11 is 0. The number of likely N-dealkylation sites (tertiary alicyclic amines) is 2. The molecule has 0 aromatic carbocycles. The standard InChI is InChI=1S/C18H25N3O2/c1-14(22)21-10-2-3-17(21)18(23)20-11-6-16(7-12-20)13-15-4-8-19-9-5-15/h4-5,8-9,16-17H,2-3,6-7,10-13H2,1H3. The van der Waals surface area contributed by atoms with Gasteiger partial charge in [0.15, 0.2) is 0 Å². The summed E-state index contributed by atoms with van der Waals surface area (Å²) in [5, 5.41) is 0. The Labute approximate surface area is 137 Å². The summed E-state index contributed by atoms with van der Waals surface area (Å²) < 4.78 is 0. The third-order valence-corrected chi connectivity index (χ3v) is 5.14. The summed E-state index contributed by atoms with van der Waals surface area (Å²) in [6, 6.07) is 3.92. The van der Waals surface area contributed by atoms with E-state index >= 15 is 0 Å². The molecule has 1 aromatic heterocycles. The van der Waals surface area contributed by atoms with Gasteiger partial charge in [0.25, 0.3) is 0 Å². The molecule has 5 heteroatoms. The molecule has 1 unspecified atom stereocenters. The maximum atomic E-state index is 12.7. The van der Waals surface area contributed by atoms with Crippen LogP contribution in [0.15, 0.2) is 24.5 Å². The van der Waals surface area contributed by atoms with Crippen LogP contribution in [0.2, 0.25) is 0 Å². The number of nitrogens with zero attached hydrogens (tertiary/aromatic N) is 3. The molecule has 0 saturated carbocycles. The number of carbonyl (C=O) groups is 2. The number of carbonyl (C=O) groups excluding carboxylic acids is 2. The zero-order valence-electron chi connectivity index (χ0n) is 13.8. The Morgan fingerprint density at radius 2 is 1.83 bits per heavy atom. The molecule has 0 N–H and O–H groups in total. The molecule has 124 valence electrons. The molecule has 0 radical (unpaired) electrons. The van der Waals surface area contributed by atoms with Crippen LogP contribution in [-0.2, 0) is 16.0 Å². The Hall–Kier alpha value is -1.91. The predicted molar refractivity (Wildman–Crippen MR) is 87.7 cm³/mol. The fraction of sp³-hybridized carbons (Fsp3) is 0.611. The van der Waals surface area contributed by atoms with Crippen LogP contribution in [0.25, 0.3) is 0 Å². The average Bonchev–Trinajstić information content (AvgIpc) is 3.06. The Bertz CT molecular complexity index is 553. The van der Waals surface area contributed by atoms with Gasteiger partial charge >= 0.3 is 0 Å². The molecule has 0 aliphatic carbocycles. The summed E-state index contributed by atoms with van der Waals surface area (Å²) in [7, 11) is 0. The zero-order valence-corrected chi connectivity index (χ0v) is 13.8. The number of amides is 2. The molecule has 23 heavy (non-hydrogen) atoms. The molecule has 3 heterocycles. The first kappa shape index (κ1) is 16.0. The number of hydrogen-bond donors (Lipinski definition) is 0. The molecule has 0 spiro atoms. The molecule has 2 saturated heterocycles. The van der Waals surface area contributed by atoms with E-state index in [-0.39, 0.29) is 17.9 Å². The van der Waals surface area contributed by atoms with Crippen molar-refractivity contribution in [3.8, 4) is 0 Å². The van der Waals surface area contributed by atoms with Crippen molar-refractivity contribution in [3.63, 3.8) is 0 Å². The highest BCUT2D eigenvalue weighted by Gasteiger charge is 2.36. The summed E-state index contributed by atoms with van der Waals surface area (Å²) in [6.45, 7) is 3.92. The third kappa shape index (κ3) is 3.71. The summed E-state index contributed by atoms with van der Waals surface area (Å²) in [6.07, 6.45) is 8.58. The summed E-state index contributed by atoms with van der Waals surface area (Å²) in [5.41, 5.74) is 1.32. The van der Waals surface area contributed by atoms with E-state index in [9.17, 15) is 9.59 Å². The van der Waals surface area contributed by atoms with Crippen LogP contribution < -0.4 is 0 Å². The van der Waals surface area contributed by atoms with Gasteiger partial charge in [-0.15, -0.1) is 0 Å². The van der Waals surface area contributed by atoms with Crippen LogP contribution in [0, 0.1) is 5.92 Å². The SMILES string of the molecule is CC(=O)N1CCCC1C(=O)N1CCC(Cc2ccncc2)CC1. The van der Waals surface area contributed by atoms with Gasteiger partial charge in [0.05, 0.1) is 0 Å². The first-order valence-corrected chi connectivity index (χ1v) is 8.60. The van der Waals surface area contributed by atoms with Gasteiger partial charge in [-0.25, -0.2) is 0 Å². The van der Waals surface area contributed by atoms with Crippen LogP contribution in [-0.4, -0.2) is 52.3 Å². The number of hydrogen-bond acceptors (Lipinski definition) is 3. The van der Waals surface area contributed by atoms with E-state index in [0.717, 1.165) is 51.7 Å². The van der Waals surface area contributed by atoms with Crippen LogP contribution in [0.4, 0.5) is 0 Å². The maximum absolute atomic E-state index is 12.7. The fourth-order valence-electron chi connectivity index (χ4n) is 3.82. The lowest BCUT2D eigenvalue weighted by molar-refractivity contribution is -0.143. The minimum atomic E-state index is -0.218. The van der Waals surface area contributed by atoms with Gasteiger partial charge in [-0.1, -0.05) is 0 Å². The van der Waals surface area contributed by atoms with E-state index in [2.05, 4.69) is 17.1 Å². The maximum Gasteiger partial charge on any atom is 0.245 e. The number of aromatic nitrogens is 1. The van der Waals surface area contributed by atoms with Crippen LogP contribution in [0.1, 0.15) is 38.2 Å². The number of piperidine rings is 1. The Kier molecular flexibility index (Phi) is 4.94. The molecule has 1 aromatic rings. The van der Waals surface area contributed by atoms with Gasteiger partial charge in [-0.05, 0) is 55.7 Å². The summed E-state index contributed by atoms with van der Waals surface area (Å²) in [5.74, 6) is 0.808. The van der Waals surface area contributed by atoms with Gasteiger partial charge in [0.1, 0.15) is 6.04 Å². The van der Waals surface area contributed by atoms with Crippen molar-refractivity contribution >= 4 is 11.8 Å². The monoisotopic (exact) mass is 315 g/mol. The quantitative estimate of drug-likeness (QED) is 0.856. The van der Waals surface area contributed by atoms with E-state index < -0.39 is 0 Å². The molecule has 2 amide bonds. The molecule has 0 bridgehead atoms. The number of rotatable bonds is 3. The van der Waals surface area contributed by atoms with E-state index in [0.29, 0.717) is 5.92 Å². The second kappa shape index (κ2) is 7.11. The van der Waals surface area contributed by atoms with Crippen LogP contribution >= 0.6 is 0 Å². The molecule has 2 aliphatic rings. The molecule has 2 aliphatic heterocycles. The van der Waals surface area contributed by atoms with Gasteiger partial charge in [-0.2, -0.15) is 0 Å². The molecule has 1 atom stereocenters. The first-order valence-electron chi connectivity index (χ1n) is 8.60. The minimum absolute atomic E-state index is 0.0217. The largest absolute Gasteiger partial charge is 0.341 e. The van der Waals surface area contributed by atoms with Crippen molar-refractivity contribution in [1.82, 2.24) is 14.8 Å². The predicted octanol–water partition coefficient (Wildman–Crippen LogP) is 1.87. The van der Waals surface area contributed by atoms with Gasteiger partial charge in [0, 0.05) is 39.0 Å². The topological polar surface area (TPSA) is 53.5 Å². The highest BCUT2D eigenvalue weighted by Crippen LogP contribution is 2.25. The van der Waals surface area contributed by atoms with E-state index in [1.165, 1.54) is 5.56 Å².